The predicted molar refractivity (Wildman–Crippen MR) is 127 cm³/mol. The molecule has 0 unspecified atom stereocenters. The highest BCUT2D eigenvalue weighted by Gasteiger charge is 2.11. The number of anilines is 3. The quantitative estimate of drug-likeness (QED) is 0.399. The number of hydrogen-bond donors (Lipinski definition) is 2. The van der Waals surface area contributed by atoms with Crippen molar-refractivity contribution in [3.63, 3.8) is 0 Å². The van der Waals surface area contributed by atoms with Crippen LogP contribution in [0.3, 0.4) is 0 Å². The van der Waals surface area contributed by atoms with Crippen molar-refractivity contribution in [1.29, 1.82) is 0 Å². The second-order valence-electron chi connectivity index (χ2n) is 7.24. The number of ether oxygens (including phenoxy) is 2. The van der Waals surface area contributed by atoms with Crippen molar-refractivity contribution in [1.82, 2.24) is 0 Å². The summed E-state index contributed by atoms with van der Waals surface area (Å²) in [5, 5.41) is 5.62. The summed E-state index contributed by atoms with van der Waals surface area (Å²) in [5.74, 6) is -0.324. The summed E-state index contributed by atoms with van der Waals surface area (Å²) >= 11 is 0. The first-order valence-electron chi connectivity index (χ1n) is 10.3. The van der Waals surface area contributed by atoms with E-state index in [1.54, 1.807) is 43.3 Å². The Morgan fingerprint density at radius 2 is 1.30 bits per heavy atom. The normalized spacial score (nSPS) is 10.2. The lowest BCUT2D eigenvalue weighted by molar-refractivity contribution is 0.101. The molecule has 0 saturated carbocycles. The zero-order valence-electron chi connectivity index (χ0n) is 18.6. The maximum Gasteiger partial charge on any atom is 0.513 e. The Morgan fingerprint density at radius 1 is 0.788 bits per heavy atom. The molecule has 0 spiro atoms. The number of rotatable bonds is 7. The minimum atomic E-state index is -0.804. The van der Waals surface area contributed by atoms with Crippen LogP contribution in [0.25, 0.3) is 0 Å². The van der Waals surface area contributed by atoms with Crippen molar-refractivity contribution in [3.05, 3.63) is 83.9 Å². The van der Waals surface area contributed by atoms with Crippen molar-refractivity contribution in [2.75, 3.05) is 36.2 Å². The molecule has 0 fully saturated rings. The van der Waals surface area contributed by atoms with E-state index in [2.05, 4.69) is 10.6 Å². The van der Waals surface area contributed by atoms with Gasteiger partial charge in [-0.25, -0.2) is 4.79 Å². The maximum atomic E-state index is 12.6. The topological polar surface area (TPSA) is 97.0 Å². The van der Waals surface area contributed by atoms with Gasteiger partial charge in [-0.1, -0.05) is 6.07 Å². The number of hydrogen-bond acceptors (Lipinski definition) is 6. The van der Waals surface area contributed by atoms with Crippen LogP contribution < -0.4 is 20.3 Å². The lowest BCUT2D eigenvalue weighted by Crippen LogP contribution is -2.14. The first-order chi connectivity index (χ1) is 15.9. The largest absolute Gasteiger partial charge is 0.513 e. The predicted octanol–water partition coefficient (Wildman–Crippen LogP) is 4.79. The summed E-state index contributed by atoms with van der Waals surface area (Å²) in [5.41, 5.74) is 2.97. The zero-order valence-corrected chi connectivity index (χ0v) is 18.6. The Morgan fingerprint density at radius 3 is 1.79 bits per heavy atom. The van der Waals surface area contributed by atoms with E-state index < -0.39 is 6.16 Å². The highest BCUT2D eigenvalue weighted by atomic mass is 16.7. The monoisotopic (exact) mass is 447 g/mol. The molecule has 0 heterocycles. The third kappa shape index (κ3) is 6.57. The Labute approximate surface area is 192 Å². The van der Waals surface area contributed by atoms with Crippen molar-refractivity contribution < 1.29 is 23.9 Å². The third-order valence-electron chi connectivity index (χ3n) is 4.60. The molecule has 0 aliphatic carbocycles. The Bertz CT molecular complexity index is 1130. The molecule has 0 saturated heterocycles. The molecule has 3 aromatic carbocycles. The van der Waals surface area contributed by atoms with Crippen LogP contribution in [0.2, 0.25) is 0 Å². The molecular formula is C25H25N3O5. The van der Waals surface area contributed by atoms with Gasteiger partial charge in [0.1, 0.15) is 5.75 Å². The van der Waals surface area contributed by atoms with E-state index in [1.165, 1.54) is 24.3 Å². The molecule has 0 aromatic heterocycles. The molecule has 8 nitrogen and oxygen atoms in total. The molecular weight excluding hydrogens is 422 g/mol. The van der Waals surface area contributed by atoms with Crippen molar-refractivity contribution >= 4 is 35.0 Å². The van der Waals surface area contributed by atoms with Crippen molar-refractivity contribution in [3.8, 4) is 5.75 Å². The fourth-order valence-electron chi connectivity index (χ4n) is 2.91. The number of amides is 2. The molecule has 0 radical (unpaired) electrons. The number of benzene rings is 3. The fraction of sp³-hybridized carbons (Fsp3) is 0.160. The molecule has 3 aromatic rings. The van der Waals surface area contributed by atoms with Gasteiger partial charge >= 0.3 is 6.16 Å². The first kappa shape index (κ1) is 23.3. The van der Waals surface area contributed by atoms with E-state index in [1.807, 2.05) is 31.1 Å². The molecule has 8 heteroatoms. The van der Waals surface area contributed by atoms with Gasteiger partial charge in [0.05, 0.1) is 6.61 Å². The van der Waals surface area contributed by atoms with Crippen LogP contribution in [0.4, 0.5) is 21.9 Å². The molecule has 170 valence electrons. The van der Waals surface area contributed by atoms with Gasteiger partial charge in [-0.2, -0.15) is 0 Å². The summed E-state index contributed by atoms with van der Waals surface area (Å²) in [7, 11) is 3.86. The Kier molecular flexibility index (Phi) is 7.64. The summed E-state index contributed by atoms with van der Waals surface area (Å²) in [6.07, 6.45) is -0.804. The Hall–Kier alpha value is -4.33. The molecule has 0 aliphatic heterocycles. The van der Waals surface area contributed by atoms with Crippen LogP contribution in [-0.4, -0.2) is 38.7 Å². The van der Waals surface area contributed by atoms with Gasteiger partial charge in [-0.05, 0) is 73.7 Å². The van der Waals surface area contributed by atoms with E-state index >= 15 is 0 Å². The second kappa shape index (κ2) is 10.8. The molecule has 0 bridgehead atoms. The Balaban J connectivity index is 1.61. The van der Waals surface area contributed by atoms with Gasteiger partial charge in [0.2, 0.25) is 0 Å². The van der Waals surface area contributed by atoms with Gasteiger partial charge in [-0.3, -0.25) is 9.59 Å². The minimum Gasteiger partial charge on any atom is -0.434 e. The van der Waals surface area contributed by atoms with Crippen molar-refractivity contribution in [2.45, 2.75) is 6.92 Å². The second-order valence-corrected chi connectivity index (χ2v) is 7.24. The zero-order chi connectivity index (χ0) is 23.8. The summed E-state index contributed by atoms with van der Waals surface area (Å²) in [6.45, 7) is 1.89. The van der Waals surface area contributed by atoms with E-state index in [9.17, 15) is 14.4 Å². The number of carbonyl (C=O) groups excluding carboxylic acids is 3. The van der Waals surface area contributed by atoms with Gasteiger partial charge in [0.25, 0.3) is 11.8 Å². The average Bonchev–Trinajstić information content (AvgIpc) is 2.80. The van der Waals surface area contributed by atoms with E-state index in [-0.39, 0.29) is 24.2 Å². The summed E-state index contributed by atoms with van der Waals surface area (Å²) in [6, 6.07) is 20.2. The van der Waals surface area contributed by atoms with Gasteiger partial charge < -0.3 is 25.0 Å². The smallest absolute Gasteiger partial charge is 0.434 e. The molecule has 0 aliphatic rings. The van der Waals surface area contributed by atoms with Crippen LogP contribution in [0.1, 0.15) is 27.6 Å². The summed E-state index contributed by atoms with van der Waals surface area (Å²) < 4.78 is 9.69. The van der Waals surface area contributed by atoms with Crippen LogP contribution in [-0.2, 0) is 4.74 Å². The fourth-order valence-corrected chi connectivity index (χ4v) is 2.91. The molecule has 2 amide bonds. The number of nitrogens with one attached hydrogen (secondary N) is 2. The molecule has 2 N–H and O–H groups in total. The van der Waals surface area contributed by atoms with Gasteiger partial charge in [0, 0.05) is 42.3 Å². The van der Waals surface area contributed by atoms with Gasteiger partial charge in [-0.15, -0.1) is 0 Å². The van der Waals surface area contributed by atoms with E-state index in [0.29, 0.717) is 22.5 Å². The van der Waals surface area contributed by atoms with E-state index in [0.717, 1.165) is 5.69 Å². The van der Waals surface area contributed by atoms with Crippen LogP contribution in [0.15, 0.2) is 72.8 Å². The lowest BCUT2D eigenvalue weighted by atomic mass is 10.1. The first-order valence-corrected chi connectivity index (χ1v) is 10.3. The highest BCUT2D eigenvalue weighted by Crippen LogP contribution is 2.19. The third-order valence-corrected chi connectivity index (χ3v) is 4.60. The van der Waals surface area contributed by atoms with Crippen LogP contribution >= 0.6 is 0 Å². The number of carbonyl (C=O) groups is 3. The minimum absolute atomic E-state index is 0.210. The standard InChI is InChI=1S/C25H25N3O5/c1-4-32-25(31)33-22-14-10-18(11-15-22)24(30)27-20-7-5-6-19(16-20)26-23(29)17-8-12-21(13-9-17)28(2)3/h5-16H,4H2,1-3H3,(H,26,29)(H,27,30). The highest BCUT2D eigenvalue weighted by molar-refractivity contribution is 6.06. The van der Waals surface area contributed by atoms with E-state index in [4.69, 9.17) is 9.47 Å². The maximum absolute atomic E-state index is 12.6. The van der Waals surface area contributed by atoms with Crippen molar-refractivity contribution in [2.24, 2.45) is 0 Å². The molecule has 3 rings (SSSR count). The van der Waals surface area contributed by atoms with Crippen LogP contribution in [0, 0.1) is 0 Å². The number of nitrogens with zero attached hydrogens (tertiary/aromatic N) is 1. The SMILES string of the molecule is CCOC(=O)Oc1ccc(C(=O)Nc2cccc(NC(=O)c3ccc(N(C)C)cc3)c2)cc1. The molecule has 33 heavy (non-hydrogen) atoms. The summed E-state index contributed by atoms with van der Waals surface area (Å²) in [4.78, 5) is 38.4. The van der Waals surface area contributed by atoms with Gasteiger partial charge in [0.15, 0.2) is 0 Å². The molecule has 0 atom stereocenters. The average molecular weight is 447 g/mol. The van der Waals surface area contributed by atoms with Crippen LogP contribution in [0.5, 0.6) is 5.75 Å². The lowest BCUT2D eigenvalue weighted by Gasteiger charge is -2.13.